The van der Waals surface area contributed by atoms with Gasteiger partial charge in [0.1, 0.15) is 5.00 Å². The summed E-state index contributed by atoms with van der Waals surface area (Å²) in [5.74, 6) is 0.0356. The lowest BCUT2D eigenvalue weighted by Gasteiger charge is -2.18. The van der Waals surface area contributed by atoms with E-state index in [2.05, 4.69) is 24.4 Å². The number of rotatable bonds is 6. The maximum Gasteiger partial charge on any atom is 0.341 e. The minimum absolute atomic E-state index is 0.205. The second-order valence-corrected chi connectivity index (χ2v) is 9.19. The molecule has 31 heavy (non-hydrogen) atoms. The van der Waals surface area contributed by atoms with Crippen LogP contribution in [-0.2, 0) is 24.0 Å². The summed E-state index contributed by atoms with van der Waals surface area (Å²) >= 11 is 1.52. The molecule has 2 aromatic carbocycles. The van der Waals surface area contributed by atoms with E-state index in [1.54, 1.807) is 6.92 Å². The monoisotopic (exact) mass is 433 g/mol. The summed E-state index contributed by atoms with van der Waals surface area (Å²) in [7, 11) is 0. The molecule has 1 aliphatic rings. The summed E-state index contributed by atoms with van der Waals surface area (Å²) in [6.45, 7) is 4.34. The Hall–Kier alpha value is -2.92. The molecule has 4 nitrogen and oxygen atoms in total. The van der Waals surface area contributed by atoms with E-state index in [4.69, 9.17) is 4.74 Å². The molecule has 160 valence electrons. The molecule has 0 aliphatic heterocycles. The Morgan fingerprint density at radius 3 is 2.48 bits per heavy atom. The highest BCUT2D eigenvalue weighted by atomic mass is 32.1. The quantitative estimate of drug-likeness (QED) is 0.493. The molecule has 1 amide bonds. The summed E-state index contributed by atoms with van der Waals surface area (Å²) in [6.07, 6.45) is 3.67. The van der Waals surface area contributed by atoms with E-state index in [-0.39, 0.29) is 11.9 Å². The number of anilines is 1. The van der Waals surface area contributed by atoms with Gasteiger partial charge in [0.05, 0.1) is 12.2 Å². The number of carbonyl (C=O) groups is 2. The van der Waals surface area contributed by atoms with Gasteiger partial charge in [0.25, 0.3) is 5.91 Å². The van der Waals surface area contributed by atoms with Crippen molar-refractivity contribution in [3.8, 4) is 0 Å². The Balaban J connectivity index is 1.53. The van der Waals surface area contributed by atoms with Crippen LogP contribution in [0.4, 0.5) is 5.00 Å². The second-order valence-electron chi connectivity index (χ2n) is 8.09. The van der Waals surface area contributed by atoms with Crippen molar-refractivity contribution in [3.63, 3.8) is 0 Å². The van der Waals surface area contributed by atoms with Crippen molar-refractivity contribution in [2.45, 2.75) is 39.5 Å². The smallest absolute Gasteiger partial charge is 0.341 e. The lowest BCUT2D eigenvalue weighted by Crippen LogP contribution is -2.16. The zero-order valence-electron chi connectivity index (χ0n) is 17.9. The molecule has 0 spiro atoms. The zero-order chi connectivity index (χ0) is 21.8. The standard InChI is InChI=1S/C26H27NO3S/c1-3-30-26(29)23-21-14-9-17(2)15-22(21)31-25(23)27-24(28)20-12-10-19(11-13-20)16-18-7-5-4-6-8-18/h4-8,10-13,17H,3,9,14-16H2,1-2H3,(H,27,28). The molecule has 0 radical (unpaired) electrons. The molecule has 4 rings (SSSR count). The first-order chi connectivity index (χ1) is 15.0. The molecule has 0 bridgehead atoms. The number of fused-ring (bicyclic) bond motifs is 1. The van der Waals surface area contributed by atoms with Gasteiger partial charge in [0, 0.05) is 10.4 Å². The van der Waals surface area contributed by atoms with Gasteiger partial charge in [-0.3, -0.25) is 4.79 Å². The molecule has 1 atom stereocenters. The first-order valence-corrected chi connectivity index (χ1v) is 11.6. The van der Waals surface area contributed by atoms with Crippen molar-refractivity contribution >= 4 is 28.2 Å². The predicted molar refractivity (Wildman–Crippen MR) is 125 cm³/mol. The largest absolute Gasteiger partial charge is 0.462 e. The van der Waals surface area contributed by atoms with Gasteiger partial charge >= 0.3 is 5.97 Å². The Kier molecular flexibility index (Phi) is 6.52. The van der Waals surface area contributed by atoms with Crippen LogP contribution in [0.3, 0.4) is 0 Å². The van der Waals surface area contributed by atoms with E-state index in [0.29, 0.717) is 28.7 Å². The normalized spacial score (nSPS) is 15.2. The topological polar surface area (TPSA) is 55.4 Å². The van der Waals surface area contributed by atoms with Gasteiger partial charge in [-0.15, -0.1) is 11.3 Å². The van der Waals surface area contributed by atoms with Crippen LogP contribution in [-0.4, -0.2) is 18.5 Å². The maximum absolute atomic E-state index is 12.9. The van der Waals surface area contributed by atoms with E-state index >= 15 is 0 Å². The third-order valence-corrected chi connectivity index (χ3v) is 6.86. The predicted octanol–water partition coefficient (Wildman–Crippen LogP) is 5.89. The number of esters is 1. The highest BCUT2D eigenvalue weighted by Gasteiger charge is 2.29. The zero-order valence-corrected chi connectivity index (χ0v) is 18.8. The summed E-state index contributed by atoms with van der Waals surface area (Å²) in [5, 5.41) is 3.59. The van der Waals surface area contributed by atoms with E-state index in [1.165, 1.54) is 21.8 Å². The van der Waals surface area contributed by atoms with Gasteiger partial charge in [-0.05, 0) is 67.3 Å². The number of benzene rings is 2. The van der Waals surface area contributed by atoms with Crippen molar-refractivity contribution in [3.05, 3.63) is 87.3 Å². The molecule has 5 heteroatoms. The minimum Gasteiger partial charge on any atom is -0.462 e. The van der Waals surface area contributed by atoms with Crippen molar-refractivity contribution in [2.75, 3.05) is 11.9 Å². The van der Waals surface area contributed by atoms with Gasteiger partial charge in [-0.1, -0.05) is 49.4 Å². The van der Waals surface area contributed by atoms with Crippen LogP contribution in [0.5, 0.6) is 0 Å². The van der Waals surface area contributed by atoms with Crippen LogP contribution in [0, 0.1) is 5.92 Å². The maximum atomic E-state index is 12.9. The van der Waals surface area contributed by atoms with E-state index in [0.717, 1.165) is 36.8 Å². The number of thiophene rings is 1. The van der Waals surface area contributed by atoms with Gasteiger partial charge in [0.15, 0.2) is 0 Å². The first kappa shape index (κ1) is 21.3. The second kappa shape index (κ2) is 9.48. The molecule has 0 saturated carbocycles. The molecular formula is C26H27NO3S. The van der Waals surface area contributed by atoms with Crippen molar-refractivity contribution in [1.82, 2.24) is 0 Å². The summed E-state index contributed by atoms with van der Waals surface area (Å²) in [5.41, 5.74) is 4.55. The van der Waals surface area contributed by atoms with Gasteiger partial charge in [-0.2, -0.15) is 0 Å². The molecule has 1 aromatic heterocycles. The Morgan fingerprint density at radius 2 is 1.77 bits per heavy atom. The molecule has 1 heterocycles. The molecule has 1 unspecified atom stereocenters. The number of hydrogen-bond acceptors (Lipinski definition) is 4. The van der Waals surface area contributed by atoms with Gasteiger partial charge in [-0.25, -0.2) is 4.79 Å². The molecule has 1 aliphatic carbocycles. The molecule has 3 aromatic rings. The fourth-order valence-electron chi connectivity index (χ4n) is 4.04. The molecule has 1 N–H and O–H groups in total. The lowest BCUT2D eigenvalue weighted by atomic mass is 9.88. The Morgan fingerprint density at radius 1 is 1.06 bits per heavy atom. The van der Waals surface area contributed by atoms with Crippen molar-refractivity contribution in [1.29, 1.82) is 0 Å². The number of nitrogens with one attached hydrogen (secondary N) is 1. The summed E-state index contributed by atoms with van der Waals surface area (Å²) < 4.78 is 5.30. The van der Waals surface area contributed by atoms with Crippen LogP contribution in [0.15, 0.2) is 54.6 Å². The van der Waals surface area contributed by atoms with Crippen LogP contribution in [0.2, 0.25) is 0 Å². The fourth-order valence-corrected chi connectivity index (χ4v) is 5.43. The SMILES string of the molecule is CCOC(=O)c1c(NC(=O)c2ccc(Cc3ccccc3)cc2)sc2c1CCC(C)C2. The number of ether oxygens (including phenoxy) is 1. The molecule has 0 fully saturated rings. The minimum atomic E-state index is -0.344. The van der Waals surface area contributed by atoms with Crippen LogP contribution < -0.4 is 5.32 Å². The Labute approximate surface area is 187 Å². The summed E-state index contributed by atoms with van der Waals surface area (Å²) in [6, 6.07) is 17.9. The van der Waals surface area contributed by atoms with Crippen LogP contribution in [0.25, 0.3) is 0 Å². The Bertz CT molecular complexity index is 1070. The average molecular weight is 434 g/mol. The number of amides is 1. The first-order valence-electron chi connectivity index (χ1n) is 10.8. The van der Waals surface area contributed by atoms with Crippen LogP contribution >= 0.6 is 11.3 Å². The van der Waals surface area contributed by atoms with E-state index < -0.39 is 0 Å². The van der Waals surface area contributed by atoms with Gasteiger partial charge < -0.3 is 10.1 Å². The average Bonchev–Trinajstić information content (AvgIpc) is 3.12. The molecule has 0 saturated heterocycles. The van der Waals surface area contributed by atoms with Crippen LogP contribution in [0.1, 0.15) is 62.6 Å². The lowest BCUT2D eigenvalue weighted by molar-refractivity contribution is 0.0526. The summed E-state index contributed by atoms with van der Waals surface area (Å²) in [4.78, 5) is 26.8. The van der Waals surface area contributed by atoms with E-state index in [9.17, 15) is 9.59 Å². The third kappa shape index (κ3) is 4.88. The van der Waals surface area contributed by atoms with Crippen molar-refractivity contribution < 1.29 is 14.3 Å². The number of carbonyl (C=O) groups excluding carboxylic acids is 2. The van der Waals surface area contributed by atoms with E-state index in [1.807, 2.05) is 42.5 Å². The molecular weight excluding hydrogens is 406 g/mol. The van der Waals surface area contributed by atoms with Crippen molar-refractivity contribution in [2.24, 2.45) is 5.92 Å². The van der Waals surface area contributed by atoms with Gasteiger partial charge in [0.2, 0.25) is 0 Å². The highest BCUT2D eigenvalue weighted by Crippen LogP contribution is 2.40. The fraction of sp³-hybridized carbons (Fsp3) is 0.308. The number of hydrogen-bond donors (Lipinski definition) is 1. The third-order valence-electron chi connectivity index (χ3n) is 5.69. The highest BCUT2D eigenvalue weighted by molar-refractivity contribution is 7.17.